The summed E-state index contributed by atoms with van der Waals surface area (Å²) in [6, 6.07) is 26.7. The summed E-state index contributed by atoms with van der Waals surface area (Å²) >= 11 is 1.57. The molecule has 6 nitrogen and oxygen atoms in total. The summed E-state index contributed by atoms with van der Waals surface area (Å²) in [5, 5.41) is 19.1. The average molecular weight is 474 g/mol. The summed E-state index contributed by atoms with van der Waals surface area (Å²) in [5.74, 6) is 0. The van der Waals surface area contributed by atoms with Crippen LogP contribution in [-0.2, 0) is 22.8 Å². The molecule has 174 valence electrons. The fourth-order valence-corrected chi connectivity index (χ4v) is 5.01. The fourth-order valence-electron chi connectivity index (χ4n) is 4.16. The summed E-state index contributed by atoms with van der Waals surface area (Å²) in [6.45, 7) is 2.86. The van der Waals surface area contributed by atoms with Gasteiger partial charge >= 0.3 is 0 Å². The Labute approximate surface area is 203 Å². The van der Waals surface area contributed by atoms with Crippen molar-refractivity contribution in [2.75, 3.05) is 18.0 Å². The lowest BCUT2D eigenvalue weighted by Gasteiger charge is -2.33. The quantitative estimate of drug-likeness (QED) is 0.248. The Hall–Kier alpha value is -3.10. The predicted octanol–water partition coefficient (Wildman–Crippen LogP) is 6.05. The molecule has 3 aromatic carbocycles. The lowest BCUT2D eigenvalue weighted by atomic mass is 10.1. The van der Waals surface area contributed by atoms with Crippen LogP contribution in [0.4, 0.5) is 5.69 Å². The Morgan fingerprint density at radius 2 is 1.35 bits per heavy atom. The van der Waals surface area contributed by atoms with E-state index in [1.807, 2.05) is 30.3 Å². The van der Waals surface area contributed by atoms with Crippen LogP contribution in [0, 0.1) is 0 Å². The third-order valence-electron chi connectivity index (χ3n) is 6.11. The highest BCUT2D eigenvalue weighted by atomic mass is 32.1. The molecule has 0 saturated carbocycles. The molecule has 1 aliphatic heterocycles. The lowest BCUT2D eigenvalue weighted by Crippen LogP contribution is -2.36. The van der Waals surface area contributed by atoms with Gasteiger partial charge in [-0.3, -0.25) is 5.26 Å². The summed E-state index contributed by atoms with van der Waals surface area (Å²) in [4.78, 5) is 6.61. The van der Waals surface area contributed by atoms with E-state index in [4.69, 9.17) is 9.99 Å². The normalized spacial score (nSPS) is 14.4. The largest absolute Gasteiger partial charge is 0.373 e. The number of rotatable bonds is 8. The van der Waals surface area contributed by atoms with Gasteiger partial charge in [0.25, 0.3) is 0 Å². The number of aromatic nitrogens is 2. The van der Waals surface area contributed by atoms with Crippen molar-refractivity contribution in [2.24, 2.45) is 0 Å². The summed E-state index contributed by atoms with van der Waals surface area (Å²) in [5.41, 5.74) is 5.43. The molecule has 1 N–H and O–H groups in total. The molecule has 0 spiro atoms. The minimum absolute atomic E-state index is 0.173. The maximum atomic E-state index is 8.58. The first-order chi connectivity index (χ1) is 16.8. The van der Waals surface area contributed by atoms with Gasteiger partial charge in [0.2, 0.25) is 0 Å². The van der Waals surface area contributed by atoms with Crippen LogP contribution >= 0.6 is 11.3 Å². The van der Waals surface area contributed by atoms with Crippen molar-refractivity contribution in [1.82, 2.24) is 10.2 Å². The highest BCUT2D eigenvalue weighted by molar-refractivity contribution is 7.17. The summed E-state index contributed by atoms with van der Waals surface area (Å²) in [7, 11) is 0. The lowest BCUT2D eigenvalue weighted by molar-refractivity contribution is -0.253. The number of anilines is 1. The van der Waals surface area contributed by atoms with Crippen LogP contribution in [0.1, 0.15) is 24.0 Å². The van der Waals surface area contributed by atoms with E-state index in [0.717, 1.165) is 52.6 Å². The summed E-state index contributed by atoms with van der Waals surface area (Å²) in [6.07, 6.45) is 2.40. The molecule has 4 aromatic rings. The Bertz CT molecular complexity index is 1170. The summed E-state index contributed by atoms with van der Waals surface area (Å²) < 4.78 is 6.13. The second kappa shape index (κ2) is 10.9. The molecular formula is C27H27N3O3S. The standard InChI is InChI=1S/C27H27N3O3S/c31-33-19-21-6-8-22(9-7-21)26-28-29-27(34-26)23-10-12-24(13-11-23)30-16-14-25(15-17-30)32-18-20-4-2-1-3-5-20/h1-13,25,31H,14-19H2. The average Bonchev–Trinajstić information content (AvgIpc) is 3.40. The molecule has 1 saturated heterocycles. The van der Waals surface area contributed by atoms with Crippen molar-refractivity contribution in [1.29, 1.82) is 0 Å². The highest BCUT2D eigenvalue weighted by Crippen LogP contribution is 2.31. The molecule has 1 fully saturated rings. The zero-order valence-corrected chi connectivity index (χ0v) is 19.7. The van der Waals surface area contributed by atoms with Crippen LogP contribution in [0.2, 0.25) is 0 Å². The van der Waals surface area contributed by atoms with Crippen molar-refractivity contribution < 1.29 is 14.9 Å². The van der Waals surface area contributed by atoms with E-state index in [1.165, 1.54) is 11.3 Å². The Morgan fingerprint density at radius 1 is 0.765 bits per heavy atom. The maximum absolute atomic E-state index is 8.58. The number of nitrogens with zero attached hydrogens (tertiary/aromatic N) is 3. The van der Waals surface area contributed by atoms with E-state index in [0.29, 0.717) is 12.7 Å². The van der Waals surface area contributed by atoms with Crippen LogP contribution in [0.5, 0.6) is 0 Å². The van der Waals surface area contributed by atoms with E-state index in [1.54, 1.807) is 11.3 Å². The molecule has 34 heavy (non-hydrogen) atoms. The zero-order valence-electron chi connectivity index (χ0n) is 18.8. The van der Waals surface area contributed by atoms with Gasteiger partial charge in [0.05, 0.1) is 12.7 Å². The number of ether oxygens (including phenoxy) is 1. The van der Waals surface area contributed by atoms with Crippen molar-refractivity contribution in [3.8, 4) is 21.1 Å². The minimum atomic E-state index is 0.173. The van der Waals surface area contributed by atoms with Gasteiger partial charge in [0.15, 0.2) is 0 Å². The SMILES string of the molecule is OOCc1ccc(-c2nnc(-c3ccc(N4CCC(OCc5ccccc5)CC4)cc3)s2)cc1. The minimum Gasteiger partial charge on any atom is -0.373 e. The van der Waals surface area contributed by atoms with Crippen LogP contribution in [0.3, 0.4) is 0 Å². The molecule has 7 heteroatoms. The smallest absolute Gasteiger partial charge is 0.148 e. The van der Waals surface area contributed by atoms with Gasteiger partial charge in [-0.05, 0) is 48.2 Å². The first kappa shape index (κ1) is 22.7. The first-order valence-corrected chi connectivity index (χ1v) is 12.3. The number of hydrogen-bond acceptors (Lipinski definition) is 7. The van der Waals surface area contributed by atoms with Crippen LogP contribution in [0.15, 0.2) is 78.9 Å². The molecule has 0 atom stereocenters. The molecular weight excluding hydrogens is 446 g/mol. The van der Waals surface area contributed by atoms with Crippen molar-refractivity contribution in [3.05, 3.63) is 90.0 Å². The van der Waals surface area contributed by atoms with Crippen LogP contribution in [-0.4, -0.2) is 34.6 Å². The van der Waals surface area contributed by atoms with Crippen LogP contribution < -0.4 is 4.90 Å². The first-order valence-electron chi connectivity index (χ1n) is 11.5. The third-order valence-corrected chi connectivity index (χ3v) is 7.13. The molecule has 1 aromatic heterocycles. The predicted molar refractivity (Wildman–Crippen MR) is 135 cm³/mol. The number of piperidine rings is 1. The molecule has 1 aliphatic rings. The monoisotopic (exact) mass is 473 g/mol. The Kier molecular flexibility index (Phi) is 7.26. The molecule has 0 bridgehead atoms. The number of hydrogen-bond donors (Lipinski definition) is 1. The molecule has 0 unspecified atom stereocenters. The van der Waals surface area contributed by atoms with E-state index >= 15 is 0 Å². The molecule has 0 aliphatic carbocycles. The van der Waals surface area contributed by atoms with Gasteiger partial charge in [-0.15, -0.1) is 10.2 Å². The highest BCUT2D eigenvalue weighted by Gasteiger charge is 2.20. The van der Waals surface area contributed by atoms with Gasteiger partial charge in [-0.1, -0.05) is 65.9 Å². The van der Waals surface area contributed by atoms with Gasteiger partial charge in [0.1, 0.15) is 16.6 Å². The molecule has 5 rings (SSSR count). The third kappa shape index (κ3) is 5.51. The van der Waals surface area contributed by atoms with Crippen LogP contribution in [0.25, 0.3) is 21.1 Å². The van der Waals surface area contributed by atoms with Gasteiger partial charge < -0.3 is 9.64 Å². The van der Waals surface area contributed by atoms with Gasteiger partial charge in [-0.25, -0.2) is 4.89 Å². The Morgan fingerprint density at radius 3 is 1.97 bits per heavy atom. The van der Waals surface area contributed by atoms with Gasteiger partial charge in [0, 0.05) is 29.9 Å². The Balaban J connectivity index is 1.16. The fraction of sp³-hybridized carbons (Fsp3) is 0.259. The van der Waals surface area contributed by atoms with Crippen molar-refractivity contribution in [2.45, 2.75) is 32.2 Å². The zero-order chi connectivity index (χ0) is 23.2. The van der Waals surface area contributed by atoms with Crippen molar-refractivity contribution in [3.63, 3.8) is 0 Å². The van der Waals surface area contributed by atoms with E-state index in [9.17, 15) is 0 Å². The number of benzene rings is 3. The molecule has 0 radical (unpaired) electrons. The molecule has 0 amide bonds. The topological polar surface area (TPSA) is 67.7 Å². The second-order valence-corrected chi connectivity index (χ2v) is 9.39. The van der Waals surface area contributed by atoms with E-state index in [-0.39, 0.29) is 6.61 Å². The van der Waals surface area contributed by atoms with E-state index < -0.39 is 0 Å². The maximum Gasteiger partial charge on any atom is 0.148 e. The second-order valence-electron chi connectivity index (χ2n) is 8.41. The van der Waals surface area contributed by atoms with Gasteiger partial charge in [-0.2, -0.15) is 0 Å². The van der Waals surface area contributed by atoms with E-state index in [2.05, 4.69) is 68.5 Å². The van der Waals surface area contributed by atoms with Crippen molar-refractivity contribution >= 4 is 17.0 Å². The molecule has 2 heterocycles.